The van der Waals surface area contributed by atoms with Gasteiger partial charge in [-0.25, -0.2) is 4.39 Å². The highest BCUT2D eigenvalue weighted by atomic mass is 19.1. The van der Waals surface area contributed by atoms with E-state index in [1.165, 1.54) is 25.3 Å². The second-order valence-corrected chi connectivity index (χ2v) is 5.70. The zero-order valence-electron chi connectivity index (χ0n) is 14.5. The van der Waals surface area contributed by atoms with Crippen molar-refractivity contribution < 1.29 is 18.7 Å². The van der Waals surface area contributed by atoms with Gasteiger partial charge in [0.2, 0.25) is 0 Å². The largest absolute Gasteiger partial charge is 0.497 e. The normalized spacial score (nSPS) is 10.1. The second kappa shape index (κ2) is 8.14. The number of amides is 2. The molecule has 0 aromatic heterocycles. The van der Waals surface area contributed by atoms with Gasteiger partial charge in [0.05, 0.1) is 18.4 Å². The lowest BCUT2D eigenvalue weighted by Crippen LogP contribution is -2.18. The number of nitrogens with one attached hydrogen (secondary N) is 2. The fourth-order valence-corrected chi connectivity index (χ4v) is 2.51. The van der Waals surface area contributed by atoms with Crippen molar-refractivity contribution >= 4 is 23.2 Å². The third-order valence-corrected chi connectivity index (χ3v) is 3.83. The number of benzene rings is 3. The van der Waals surface area contributed by atoms with E-state index in [4.69, 9.17) is 4.74 Å². The Kier molecular flexibility index (Phi) is 5.47. The van der Waals surface area contributed by atoms with Gasteiger partial charge in [-0.2, -0.15) is 0 Å². The molecule has 0 aliphatic heterocycles. The highest BCUT2D eigenvalue weighted by Crippen LogP contribution is 2.21. The lowest BCUT2D eigenvalue weighted by atomic mass is 10.1. The summed E-state index contributed by atoms with van der Waals surface area (Å²) >= 11 is 0. The molecule has 0 saturated heterocycles. The number of para-hydroxylation sites is 1. The maximum absolute atomic E-state index is 13.3. The average molecular weight is 364 g/mol. The molecule has 0 unspecified atom stereocenters. The first-order valence-electron chi connectivity index (χ1n) is 8.18. The number of hydrogen-bond donors (Lipinski definition) is 2. The molecule has 6 heteroatoms. The number of halogens is 1. The molecule has 3 rings (SSSR count). The summed E-state index contributed by atoms with van der Waals surface area (Å²) < 4.78 is 18.5. The molecule has 0 bridgehead atoms. The molecular weight excluding hydrogens is 347 g/mol. The van der Waals surface area contributed by atoms with E-state index in [1.54, 1.807) is 48.5 Å². The number of carbonyl (C=O) groups is 2. The van der Waals surface area contributed by atoms with Gasteiger partial charge in [0.15, 0.2) is 0 Å². The van der Waals surface area contributed by atoms with Crippen molar-refractivity contribution in [2.24, 2.45) is 0 Å². The van der Waals surface area contributed by atoms with Crippen LogP contribution in [-0.4, -0.2) is 18.9 Å². The van der Waals surface area contributed by atoms with Crippen LogP contribution in [0.5, 0.6) is 5.75 Å². The maximum atomic E-state index is 13.3. The Morgan fingerprint density at radius 1 is 0.852 bits per heavy atom. The first-order chi connectivity index (χ1) is 13.1. The van der Waals surface area contributed by atoms with Crippen molar-refractivity contribution in [3.63, 3.8) is 0 Å². The van der Waals surface area contributed by atoms with Gasteiger partial charge in [-0.1, -0.05) is 24.3 Å². The fraction of sp³-hybridized carbons (Fsp3) is 0.0476. The fourth-order valence-electron chi connectivity index (χ4n) is 2.51. The van der Waals surface area contributed by atoms with Crippen LogP contribution in [0, 0.1) is 5.82 Å². The average Bonchev–Trinajstić information content (AvgIpc) is 2.68. The Balaban J connectivity index is 1.80. The summed E-state index contributed by atoms with van der Waals surface area (Å²) in [6.07, 6.45) is 0. The van der Waals surface area contributed by atoms with Crippen LogP contribution < -0.4 is 15.4 Å². The van der Waals surface area contributed by atoms with E-state index in [-0.39, 0.29) is 11.1 Å². The summed E-state index contributed by atoms with van der Waals surface area (Å²) in [5, 5.41) is 5.42. The molecular formula is C21H17FN2O3. The van der Waals surface area contributed by atoms with Gasteiger partial charge in [-0.3, -0.25) is 9.59 Å². The Morgan fingerprint density at radius 3 is 2.41 bits per heavy atom. The maximum Gasteiger partial charge on any atom is 0.257 e. The molecule has 3 aromatic carbocycles. The van der Waals surface area contributed by atoms with Crippen molar-refractivity contribution in [2.45, 2.75) is 0 Å². The molecule has 0 spiro atoms. The molecule has 2 amide bonds. The van der Waals surface area contributed by atoms with E-state index in [0.717, 1.165) is 6.07 Å². The van der Waals surface area contributed by atoms with Crippen molar-refractivity contribution in [2.75, 3.05) is 17.7 Å². The molecule has 136 valence electrons. The van der Waals surface area contributed by atoms with Gasteiger partial charge in [0.1, 0.15) is 11.6 Å². The lowest BCUT2D eigenvalue weighted by molar-refractivity contribution is 0.102. The SMILES string of the molecule is COc1cccc(NC(=O)c2ccccc2NC(=O)c2cccc(F)c2)c1. The summed E-state index contributed by atoms with van der Waals surface area (Å²) in [6, 6.07) is 18.9. The van der Waals surface area contributed by atoms with Crippen molar-refractivity contribution in [1.29, 1.82) is 0 Å². The van der Waals surface area contributed by atoms with Crippen LogP contribution in [0.1, 0.15) is 20.7 Å². The molecule has 0 aliphatic rings. The van der Waals surface area contributed by atoms with Gasteiger partial charge in [-0.05, 0) is 42.5 Å². The van der Waals surface area contributed by atoms with E-state index in [9.17, 15) is 14.0 Å². The second-order valence-electron chi connectivity index (χ2n) is 5.70. The third kappa shape index (κ3) is 4.49. The number of ether oxygens (including phenoxy) is 1. The number of carbonyl (C=O) groups excluding carboxylic acids is 2. The number of hydrogen-bond acceptors (Lipinski definition) is 3. The van der Waals surface area contributed by atoms with Crippen LogP contribution in [0.25, 0.3) is 0 Å². The van der Waals surface area contributed by atoms with Crippen LogP contribution in [0.4, 0.5) is 15.8 Å². The summed E-state index contributed by atoms with van der Waals surface area (Å²) in [5.74, 6) is -0.790. The summed E-state index contributed by atoms with van der Waals surface area (Å²) in [5.41, 5.74) is 1.33. The predicted octanol–water partition coefficient (Wildman–Crippen LogP) is 4.34. The topological polar surface area (TPSA) is 67.4 Å². The van der Waals surface area contributed by atoms with Crippen LogP contribution in [0.2, 0.25) is 0 Å². The molecule has 3 aromatic rings. The summed E-state index contributed by atoms with van der Waals surface area (Å²) in [6.45, 7) is 0. The van der Waals surface area contributed by atoms with E-state index >= 15 is 0 Å². The molecule has 0 aliphatic carbocycles. The van der Waals surface area contributed by atoms with E-state index in [1.807, 2.05) is 0 Å². The Hall–Kier alpha value is -3.67. The molecule has 0 heterocycles. The zero-order chi connectivity index (χ0) is 19.2. The van der Waals surface area contributed by atoms with Gasteiger partial charge in [0.25, 0.3) is 11.8 Å². The Bertz CT molecular complexity index is 988. The molecule has 0 saturated carbocycles. The summed E-state index contributed by atoms with van der Waals surface area (Å²) in [7, 11) is 1.54. The Labute approximate surface area is 155 Å². The number of anilines is 2. The minimum absolute atomic E-state index is 0.165. The quantitative estimate of drug-likeness (QED) is 0.708. The van der Waals surface area contributed by atoms with Crippen LogP contribution in [0.3, 0.4) is 0 Å². The monoisotopic (exact) mass is 364 g/mol. The molecule has 2 N–H and O–H groups in total. The van der Waals surface area contributed by atoms with Gasteiger partial charge < -0.3 is 15.4 Å². The van der Waals surface area contributed by atoms with Crippen LogP contribution >= 0.6 is 0 Å². The van der Waals surface area contributed by atoms with Gasteiger partial charge >= 0.3 is 0 Å². The van der Waals surface area contributed by atoms with Gasteiger partial charge in [-0.15, -0.1) is 0 Å². The number of methoxy groups -OCH3 is 1. The summed E-state index contributed by atoms with van der Waals surface area (Å²) in [4.78, 5) is 25.0. The van der Waals surface area contributed by atoms with E-state index in [0.29, 0.717) is 17.1 Å². The van der Waals surface area contributed by atoms with Crippen LogP contribution in [-0.2, 0) is 0 Å². The number of rotatable bonds is 5. The first-order valence-corrected chi connectivity index (χ1v) is 8.18. The molecule has 0 atom stereocenters. The lowest BCUT2D eigenvalue weighted by Gasteiger charge is -2.12. The molecule has 0 radical (unpaired) electrons. The zero-order valence-corrected chi connectivity index (χ0v) is 14.5. The predicted molar refractivity (Wildman–Crippen MR) is 102 cm³/mol. The smallest absolute Gasteiger partial charge is 0.257 e. The van der Waals surface area contributed by atoms with Crippen molar-refractivity contribution in [3.8, 4) is 5.75 Å². The first kappa shape index (κ1) is 18.1. The van der Waals surface area contributed by atoms with Gasteiger partial charge in [0, 0.05) is 17.3 Å². The van der Waals surface area contributed by atoms with Crippen molar-refractivity contribution in [1.82, 2.24) is 0 Å². The minimum atomic E-state index is -0.508. The molecule has 27 heavy (non-hydrogen) atoms. The third-order valence-electron chi connectivity index (χ3n) is 3.83. The minimum Gasteiger partial charge on any atom is -0.497 e. The van der Waals surface area contributed by atoms with Crippen molar-refractivity contribution in [3.05, 3.63) is 89.7 Å². The van der Waals surface area contributed by atoms with E-state index in [2.05, 4.69) is 10.6 Å². The Morgan fingerprint density at radius 2 is 1.63 bits per heavy atom. The highest BCUT2D eigenvalue weighted by molar-refractivity contribution is 6.12. The standard InChI is InChI=1S/C21H17FN2O3/c1-27-17-9-5-8-16(13-17)23-21(26)18-10-2-3-11-19(18)24-20(25)14-6-4-7-15(22)12-14/h2-13H,1H3,(H,23,26)(H,24,25). The van der Waals surface area contributed by atoms with Crippen LogP contribution in [0.15, 0.2) is 72.8 Å². The molecule has 0 fully saturated rings. The highest BCUT2D eigenvalue weighted by Gasteiger charge is 2.15. The van der Waals surface area contributed by atoms with E-state index < -0.39 is 17.6 Å². The molecule has 5 nitrogen and oxygen atoms in total.